The number of hydrogen-bond acceptors (Lipinski definition) is 5. The molecule has 1 unspecified atom stereocenters. The molecular weight excluding hydrogens is 209 g/mol. The van der Waals surface area contributed by atoms with Crippen molar-refractivity contribution >= 4 is 0 Å². The first-order chi connectivity index (χ1) is 6.25. The molecule has 0 aliphatic carbocycles. The first kappa shape index (κ1) is 11.7. The van der Waals surface area contributed by atoms with Gasteiger partial charge in [-0.3, -0.25) is 0 Å². The minimum absolute atomic E-state index is 1.96. The van der Waals surface area contributed by atoms with Gasteiger partial charge in [0.1, 0.15) is 18.3 Å². The molecule has 1 aliphatic rings. The van der Waals surface area contributed by atoms with Crippen LogP contribution in [0, 0.1) is 0 Å². The van der Waals surface area contributed by atoms with E-state index >= 15 is 0 Å². The van der Waals surface area contributed by atoms with Crippen molar-refractivity contribution in [1.82, 2.24) is 0 Å². The second-order valence-electron chi connectivity index (χ2n) is 2.96. The van der Waals surface area contributed by atoms with Crippen molar-refractivity contribution in [2.24, 2.45) is 0 Å². The Kier molecular flexibility index (Phi) is 3.02. The molecule has 1 aliphatic heterocycles. The highest BCUT2D eigenvalue weighted by atomic mass is 19.4. The number of halogens is 3. The third-order valence-electron chi connectivity index (χ3n) is 1.91. The molecule has 5 atom stereocenters. The smallest absolute Gasteiger partial charge is 0.387 e. The van der Waals surface area contributed by atoms with E-state index < -0.39 is 36.9 Å². The topological polar surface area (TPSA) is 90.2 Å². The fourth-order valence-corrected chi connectivity index (χ4v) is 1.13. The second kappa shape index (κ2) is 3.63. The Morgan fingerprint density at radius 1 is 0.857 bits per heavy atom. The van der Waals surface area contributed by atoms with Crippen LogP contribution in [0.3, 0.4) is 0 Å². The Bertz CT molecular complexity index is 208. The molecule has 84 valence electrons. The highest BCUT2D eigenvalue weighted by molar-refractivity contribution is 4.91. The molecule has 14 heavy (non-hydrogen) atoms. The van der Waals surface area contributed by atoms with Gasteiger partial charge in [0, 0.05) is 0 Å². The van der Waals surface area contributed by atoms with Gasteiger partial charge in [0.05, 0.1) is 0 Å². The normalized spacial score (nSPS) is 45.2. The molecule has 1 heterocycles. The molecule has 1 fully saturated rings. The van der Waals surface area contributed by atoms with Gasteiger partial charge in [0.15, 0.2) is 12.4 Å². The summed E-state index contributed by atoms with van der Waals surface area (Å²) in [7, 11) is 0. The number of aliphatic hydroxyl groups excluding tert-OH is 4. The maximum absolute atomic E-state index is 12.1. The maximum atomic E-state index is 12.1. The second-order valence-corrected chi connectivity index (χ2v) is 2.96. The van der Waals surface area contributed by atoms with Gasteiger partial charge in [-0.1, -0.05) is 0 Å². The van der Waals surface area contributed by atoms with Crippen LogP contribution in [0.15, 0.2) is 0 Å². The van der Waals surface area contributed by atoms with Gasteiger partial charge in [-0.15, -0.1) is 0 Å². The molecule has 0 spiro atoms. The van der Waals surface area contributed by atoms with Crippen LogP contribution >= 0.6 is 0 Å². The van der Waals surface area contributed by atoms with Crippen LogP contribution in [0.4, 0.5) is 13.2 Å². The van der Waals surface area contributed by atoms with Crippen LogP contribution in [0.5, 0.6) is 0 Å². The molecule has 8 heteroatoms. The van der Waals surface area contributed by atoms with Crippen molar-refractivity contribution in [2.75, 3.05) is 0 Å². The molecule has 0 aromatic rings. The predicted octanol–water partition coefficient (Wildman–Crippen LogP) is -1.65. The van der Waals surface area contributed by atoms with E-state index in [4.69, 9.17) is 20.4 Å². The summed E-state index contributed by atoms with van der Waals surface area (Å²) in [5.41, 5.74) is 0. The van der Waals surface area contributed by atoms with Crippen LogP contribution in [0.25, 0.3) is 0 Å². The zero-order chi connectivity index (χ0) is 11.1. The van der Waals surface area contributed by atoms with E-state index in [0.717, 1.165) is 0 Å². The van der Waals surface area contributed by atoms with E-state index in [1.165, 1.54) is 0 Å². The van der Waals surface area contributed by atoms with Crippen LogP contribution < -0.4 is 0 Å². The number of ether oxygens (including phenoxy) is 1. The Morgan fingerprint density at radius 2 is 1.36 bits per heavy atom. The van der Waals surface area contributed by atoms with Gasteiger partial charge in [-0.05, 0) is 0 Å². The van der Waals surface area contributed by atoms with E-state index in [2.05, 4.69) is 4.74 Å². The fraction of sp³-hybridized carbons (Fsp3) is 1.00. The lowest BCUT2D eigenvalue weighted by Crippen LogP contribution is -2.61. The zero-order valence-electron chi connectivity index (χ0n) is 6.72. The number of aliphatic hydroxyl groups is 4. The van der Waals surface area contributed by atoms with E-state index in [0.29, 0.717) is 0 Å². The van der Waals surface area contributed by atoms with Crippen LogP contribution in [0.1, 0.15) is 0 Å². The van der Waals surface area contributed by atoms with Gasteiger partial charge < -0.3 is 25.2 Å². The van der Waals surface area contributed by atoms with Crippen LogP contribution in [0.2, 0.25) is 0 Å². The summed E-state index contributed by atoms with van der Waals surface area (Å²) in [4.78, 5) is 0. The number of rotatable bonds is 0. The van der Waals surface area contributed by atoms with Crippen molar-refractivity contribution in [3.8, 4) is 0 Å². The number of hydrogen-bond donors (Lipinski definition) is 4. The highest BCUT2D eigenvalue weighted by Crippen LogP contribution is 2.32. The summed E-state index contributed by atoms with van der Waals surface area (Å²) < 4.78 is 40.1. The summed E-state index contributed by atoms with van der Waals surface area (Å²) in [6.07, 6.45) is -16.1. The molecule has 0 saturated carbocycles. The Hall–Kier alpha value is -0.410. The highest BCUT2D eigenvalue weighted by Gasteiger charge is 2.54. The molecule has 0 amide bonds. The van der Waals surface area contributed by atoms with E-state index in [1.54, 1.807) is 0 Å². The van der Waals surface area contributed by atoms with Gasteiger partial charge in [0.25, 0.3) is 0 Å². The quantitative estimate of drug-likeness (QED) is 0.391. The molecule has 4 N–H and O–H groups in total. The van der Waals surface area contributed by atoms with E-state index in [9.17, 15) is 13.2 Å². The summed E-state index contributed by atoms with van der Waals surface area (Å²) in [6, 6.07) is 0. The summed E-state index contributed by atoms with van der Waals surface area (Å²) in [6.45, 7) is 0. The largest absolute Gasteiger partial charge is 0.417 e. The standard InChI is InChI=1S/C6H9F3O5/c7-6(8,9)4-2(11)1(10)3(12)5(13)14-4/h1-5,10-13H/t1-,2+,3+,4+,5?/m0/s1. The van der Waals surface area contributed by atoms with E-state index in [-0.39, 0.29) is 0 Å². The summed E-state index contributed by atoms with van der Waals surface area (Å²) >= 11 is 0. The molecule has 0 aromatic carbocycles. The van der Waals surface area contributed by atoms with Crippen molar-refractivity contribution in [2.45, 2.75) is 36.9 Å². The van der Waals surface area contributed by atoms with E-state index in [1.807, 2.05) is 0 Å². The zero-order valence-corrected chi connectivity index (χ0v) is 6.72. The molecule has 5 nitrogen and oxygen atoms in total. The fourth-order valence-electron chi connectivity index (χ4n) is 1.13. The minimum atomic E-state index is -4.92. The molecule has 1 rings (SSSR count). The molecular formula is C6H9F3O5. The third-order valence-corrected chi connectivity index (χ3v) is 1.91. The first-order valence-electron chi connectivity index (χ1n) is 3.69. The SMILES string of the molecule is OC1O[C@@H](C(F)(F)F)[C@H](O)[C@H](O)[C@H]1O. The van der Waals surface area contributed by atoms with Gasteiger partial charge >= 0.3 is 6.18 Å². The summed E-state index contributed by atoms with van der Waals surface area (Å²) in [5.74, 6) is 0. The molecule has 0 bridgehead atoms. The van der Waals surface area contributed by atoms with Gasteiger partial charge in [-0.2, -0.15) is 13.2 Å². The lowest BCUT2D eigenvalue weighted by Gasteiger charge is -2.38. The third kappa shape index (κ3) is 1.98. The average Bonchev–Trinajstić information content (AvgIpc) is 2.06. The Balaban J connectivity index is 2.81. The number of alkyl halides is 3. The Labute approximate surface area is 76.3 Å². The van der Waals surface area contributed by atoms with Crippen molar-refractivity contribution in [3.05, 3.63) is 0 Å². The molecule has 0 aromatic heterocycles. The predicted molar refractivity (Wildman–Crippen MR) is 35.0 cm³/mol. The summed E-state index contributed by atoms with van der Waals surface area (Å²) in [5, 5.41) is 35.4. The van der Waals surface area contributed by atoms with Gasteiger partial charge in [-0.25, -0.2) is 0 Å². The lowest BCUT2D eigenvalue weighted by atomic mass is 9.99. The van der Waals surface area contributed by atoms with Crippen molar-refractivity contribution in [1.29, 1.82) is 0 Å². The molecule has 1 saturated heterocycles. The maximum Gasteiger partial charge on any atom is 0.417 e. The Morgan fingerprint density at radius 3 is 1.79 bits per heavy atom. The first-order valence-corrected chi connectivity index (χ1v) is 3.69. The van der Waals surface area contributed by atoms with Crippen molar-refractivity contribution < 1.29 is 38.3 Å². The van der Waals surface area contributed by atoms with Crippen molar-refractivity contribution in [3.63, 3.8) is 0 Å². The molecule has 0 radical (unpaired) electrons. The lowest BCUT2D eigenvalue weighted by molar-refractivity contribution is -0.345. The minimum Gasteiger partial charge on any atom is -0.387 e. The van der Waals surface area contributed by atoms with Gasteiger partial charge in [0.2, 0.25) is 0 Å². The van der Waals surface area contributed by atoms with Crippen LogP contribution in [-0.4, -0.2) is 57.3 Å². The average molecular weight is 218 g/mol. The van der Waals surface area contributed by atoms with Crippen LogP contribution in [-0.2, 0) is 4.74 Å². The monoisotopic (exact) mass is 218 g/mol.